The highest BCUT2D eigenvalue weighted by Crippen LogP contribution is 2.36. The van der Waals surface area contributed by atoms with E-state index in [4.69, 9.17) is 19.4 Å². The summed E-state index contributed by atoms with van der Waals surface area (Å²) in [6.45, 7) is 8.44. The van der Waals surface area contributed by atoms with Gasteiger partial charge in [0.05, 0.1) is 55.7 Å². The maximum atomic E-state index is 14.0. The van der Waals surface area contributed by atoms with Gasteiger partial charge in [0.1, 0.15) is 17.7 Å². The highest BCUT2D eigenvalue weighted by Gasteiger charge is 2.37. The molecule has 0 radical (unpaired) electrons. The zero-order valence-electron chi connectivity index (χ0n) is 35.8. The number of likely N-dealkylation sites (tertiary alicyclic amines) is 1. The monoisotopic (exact) mass is 911 g/mol. The second kappa shape index (κ2) is 24.1. The lowest BCUT2D eigenvalue weighted by molar-refractivity contribution is -0.137. The zero-order chi connectivity index (χ0) is 39.9. The number of fused-ring (bicyclic) bond motifs is 4. The first kappa shape index (κ1) is 51.5. The third kappa shape index (κ3) is 12.2. The van der Waals surface area contributed by atoms with Crippen molar-refractivity contribution in [2.45, 2.75) is 103 Å². The van der Waals surface area contributed by atoms with Crippen molar-refractivity contribution in [3.63, 3.8) is 0 Å². The van der Waals surface area contributed by atoms with E-state index in [1.54, 1.807) is 0 Å². The number of allylic oxidation sites excluding steroid dienone is 1. The Kier molecular flexibility index (Phi) is 20.4. The third-order valence-corrected chi connectivity index (χ3v) is 11.9. The molecule has 0 spiro atoms. The summed E-state index contributed by atoms with van der Waals surface area (Å²) in [5.41, 5.74) is 6.75. The molecule has 0 aliphatic carbocycles. The van der Waals surface area contributed by atoms with Gasteiger partial charge in [-0.1, -0.05) is 94.3 Å². The fourth-order valence-electron chi connectivity index (χ4n) is 8.28. The summed E-state index contributed by atoms with van der Waals surface area (Å²) in [7, 11) is 1.32. The Hall–Kier alpha value is -3.83. The van der Waals surface area contributed by atoms with Gasteiger partial charge >= 0.3 is 6.09 Å². The van der Waals surface area contributed by atoms with Gasteiger partial charge in [-0.15, -0.1) is 0 Å². The standard InChI is InChI=1S/C45H57N7O5.4H2S/c1-29(2)30(3)43(53)51-24-11-14-38(51)41-46-27-36(47-41)33-20-16-31(17-21-33)32-18-22-34(23-19-32)40-37-28-57-26-10-8-6-5-7-9-13-35(49-45(55)56-4)44(54)52-25-12-15-39(52)42(48-37)50-40;;;;/h8,10,16-23,27,29-30,35,38-39H,5-7,9,11-15,24-26,28H2,1-4H3,(H,46,47)(H,48,50)(H,49,55);4*1H2/b10-8-;;;;/t30-,35-,38-,39-;;;;/m0..../s1. The number of aromatic nitrogens is 4. The van der Waals surface area contributed by atoms with Gasteiger partial charge in [0.25, 0.3) is 0 Å². The molecule has 2 bridgehead atoms. The highest BCUT2D eigenvalue weighted by molar-refractivity contribution is 7.59. The Morgan fingerprint density at radius 3 is 2.13 bits per heavy atom. The average molecular weight is 912 g/mol. The highest BCUT2D eigenvalue weighted by atomic mass is 32.1. The van der Waals surface area contributed by atoms with E-state index < -0.39 is 12.1 Å². The van der Waals surface area contributed by atoms with E-state index in [9.17, 15) is 14.4 Å². The summed E-state index contributed by atoms with van der Waals surface area (Å²) in [6, 6.07) is 15.9. The summed E-state index contributed by atoms with van der Waals surface area (Å²) in [5.74, 6) is 1.96. The molecule has 0 saturated carbocycles. The van der Waals surface area contributed by atoms with Crippen LogP contribution >= 0.6 is 54.0 Å². The molecular formula is C45H65N7O5S4. The van der Waals surface area contributed by atoms with Crippen molar-refractivity contribution >= 4 is 71.9 Å². The van der Waals surface area contributed by atoms with Crippen LogP contribution in [0.3, 0.4) is 0 Å². The van der Waals surface area contributed by atoms with Crippen molar-refractivity contribution in [3.8, 4) is 33.6 Å². The first-order chi connectivity index (χ1) is 27.7. The topological polar surface area (TPSA) is 146 Å². The van der Waals surface area contributed by atoms with E-state index in [2.05, 4.69) is 89.8 Å². The number of nitrogens with zero attached hydrogens (tertiary/aromatic N) is 4. The molecule has 2 saturated heterocycles. The Balaban J connectivity index is 0.00000248. The van der Waals surface area contributed by atoms with E-state index in [0.717, 1.165) is 109 Å². The number of nitrogens with one attached hydrogen (secondary N) is 3. The number of benzene rings is 2. The molecule has 7 rings (SSSR count). The minimum Gasteiger partial charge on any atom is -0.453 e. The second-order valence-corrected chi connectivity index (χ2v) is 16.0. The van der Waals surface area contributed by atoms with Crippen molar-refractivity contribution < 1.29 is 23.9 Å². The van der Waals surface area contributed by atoms with Crippen LogP contribution in [0.4, 0.5) is 4.79 Å². The molecule has 16 heteroatoms. The molecule has 4 atom stereocenters. The van der Waals surface area contributed by atoms with E-state index in [1.165, 1.54) is 7.11 Å². The van der Waals surface area contributed by atoms with Gasteiger partial charge in [0, 0.05) is 24.6 Å². The number of methoxy groups -OCH3 is 1. The normalized spacial score (nSPS) is 20.5. The minimum atomic E-state index is -0.654. The maximum Gasteiger partial charge on any atom is 0.407 e. The zero-order valence-corrected chi connectivity index (χ0v) is 39.8. The van der Waals surface area contributed by atoms with Crippen LogP contribution in [0.15, 0.2) is 66.9 Å². The number of hydrogen-bond donors (Lipinski definition) is 3. The molecule has 4 aromatic rings. The summed E-state index contributed by atoms with van der Waals surface area (Å²) >= 11 is 0. The molecule has 12 nitrogen and oxygen atoms in total. The Morgan fingerprint density at radius 1 is 0.787 bits per heavy atom. The smallest absolute Gasteiger partial charge is 0.407 e. The number of rotatable bonds is 7. The van der Waals surface area contributed by atoms with Crippen molar-refractivity contribution in [3.05, 3.63) is 84.2 Å². The van der Waals surface area contributed by atoms with Gasteiger partial charge in [0.2, 0.25) is 11.8 Å². The summed E-state index contributed by atoms with van der Waals surface area (Å²) in [5, 5.41) is 2.80. The lowest BCUT2D eigenvalue weighted by atomic mass is 9.96. The number of hydrogen-bond acceptors (Lipinski definition) is 7. The van der Waals surface area contributed by atoms with E-state index >= 15 is 0 Å². The van der Waals surface area contributed by atoms with Gasteiger partial charge in [-0.3, -0.25) is 9.59 Å². The van der Waals surface area contributed by atoms with Crippen LogP contribution in [0.2, 0.25) is 0 Å². The SMILES string of the molecule is COC(=O)N[C@H]1CCCCC/C=C\COCc2[nH]c(nc2-c2ccc(-c3ccc(-c4cnc([C@@H]5CCCN5C(=O)[C@@H](C)C(C)C)[nH]4)cc3)cc2)[C@@H]2CCCN2C1=O.S.S.S.S. The number of H-pyrrole nitrogens is 2. The molecule has 3 N–H and O–H groups in total. The fraction of sp³-hybridized carbons (Fsp3) is 0.489. The number of imidazole rings is 2. The molecule has 2 fully saturated rings. The minimum absolute atomic E-state index is 0. The van der Waals surface area contributed by atoms with E-state index in [0.29, 0.717) is 32.1 Å². The van der Waals surface area contributed by atoms with Crippen molar-refractivity contribution in [1.29, 1.82) is 0 Å². The largest absolute Gasteiger partial charge is 0.453 e. The predicted molar refractivity (Wildman–Crippen MR) is 261 cm³/mol. The van der Waals surface area contributed by atoms with Gasteiger partial charge in [-0.2, -0.15) is 54.0 Å². The molecule has 3 aliphatic rings. The Labute approximate surface area is 388 Å². The number of aromatic amines is 2. The lowest BCUT2D eigenvalue weighted by Crippen LogP contribution is -2.48. The predicted octanol–water partition coefficient (Wildman–Crippen LogP) is 8.97. The first-order valence-electron chi connectivity index (χ1n) is 20.7. The molecule has 0 unspecified atom stereocenters. The van der Waals surface area contributed by atoms with E-state index in [1.807, 2.05) is 22.9 Å². The van der Waals surface area contributed by atoms with E-state index in [-0.39, 0.29) is 83.8 Å². The van der Waals surface area contributed by atoms with Crippen LogP contribution in [-0.2, 0) is 25.7 Å². The van der Waals surface area contributed by atoms with Crippen molar-refractivity contribution in [2.75, 3.05) is 26.8 Å². The second-order valence-electron chi connectivity index (χ2n) is 16.0. The molecule has 2 aromatic heterocycles. The number of alkyl carbamates (subject to hydrolysis) is 1. The van der Waals surface area contributed by atoms with Gasteiger partial charge in [-0.05, 0) is 67.6 Å². The molecular weight excluding hydrogens is 847 g/mol. The van der Waals surface area contributed by atoms with Crippen molar-refractivity contribution in [1.82, 2.24) is 35.1 Å². The average Bonchev–Trinajstić information content (AvgIpc) is 4.07. The maximum absolute atomic E-state index is 14.0. The quantitative estimate of drug-likeness (QED) is 0.157. The van der Waals surface area contributed by atoms with Crippen LogP contribution in [0, 0.1) is 11.8 Å². The number of carbonyl (C=O) groups excluding carboxylic acids is 3. The summed E-state index contributed by atoms with van der Waals surface area (Å²) in [6.07, 6.45) is 13.3. The lowest BCUT2D eigenvalue weighted by Gasteiger charge is -2.28. The van der Waals surface area contributed by atoms with Gasteiger partial charge in [-0.25, -0.2) is 14.8 Å². The van der Waals surface area contributed by atoms with Crippen LogP contribution in [0.25, 0.3) is 33.6 Å². The number of amides is 3. The number of ether oxygens (including phenoxy) is 2. The summed E-state index contributed by atoms with van der Waals surface area (Å²) in [4.78, 5) is 60.2. The van der Waals surface area contributed by atoms with Crippen LogP contribution < -0.4 is 5.32 Å². The fourth-order valence-corrected chi connectivity index (χ4v) is 8.28. The molecule has 61 heavy (non-hydrogen) atoms. The first-order valence-corrected chi connectivity index (χ1v) is 20.7. The van der Waals surface area contributed by atoms with Gasteiger partial charge < -0.3 is 34.6 Å². The molecule has 2 aromatic carbocycles. The number of carbonyl (C=O) groups is 3. The molecule has 3 amide bonds. The van der Waals surface area contributed by atoms with Crippen LogP contribution in [0.1, 0.15) is 108 Å². The van der Waals surface area contributed by atoms with Crippen molar-refractivity contribution in [2.24, 2.45) is 11.8 Å². The van der Waals surface area contributed by atoms with Crippen LogP contribution in [0.5, 0.6) is 0 Å². The third-order valence-electron chi connectivity index (χ3n) is 11.9. The molecule has 5 heterocycles. The van der Waals surface area contributed by atoms with Gasteiger partial charge in [0.15, 0.2) is 0 Å². The molecule has 3 aliphatic heterocycles. The molecule has 334 valence electrons. The Morgan fingerprint density at radius 2 is 1.44 bits per heavy atom. The summed E-state index contributed by atoms with van der Waals surface area (Å²) < 4.78 is 11.0. The van der Waals surface area contributed by atoms with Crippen LogP contribution in [-0.4, -0.2) is 80.5 Å². The Bertz CT molecular complexity index is 2040.